The van der Waals surface area contributed by atoms with Crippen LogP contribution in [-0.2, 0) is 6.42 Å². The van der Waals surface area contributed by atoms with Gasteiger partial charge in [-0.25, -0.2) is 4.98 Å². The van der Waals surface area contributed by atoms with E-state index in [0.29, 0.717) is 11.6 Å². The summed E-state index contributed by atoms with van der Waals surface area (Å²) in [5.74, 6) is 1.58. The topological polar surface area (TPSA) is 55.1 Å². The summed E-state index contributed by atoms with van der Waals surface area (Å²) in [4.78, 5) is 10.8. The highest BCUT2D eigenvalue weighted by molar-refractivity contribution is 9.10. The molecular weight excluding hydrogens is 344 g/mol. The number of anilines is 1. The van der Waals surface area contributed by atoms with E-state index in [9.17, 15) is 0 Å². The molecule has 1 aromatic carbocycles. The van der Waals surface area contributed by atoms with Crippen LogP contribution in [0.25, 0.3) is 11.1 Å². The fourth-order valence-electron chi connectivity index (χ4n) is 2.99. The SMILES string of the molecule is Cc1noc2ncnc(N3CC(Cc4ccccc4Br)C3)c12. The van der Waals surface area contributed by atoms with E-state index in [0.717, 1.165) is 36.4 Å². The van der Waals surface area contributed by atoms with Crippen LogP contribution in [0.1, 0.15) is 11.3 Å². The maximum Gasteiger partial charge on any atom is 0.263 e. The van der Waals surface area contributed by atoms with Crippen LogP contribution in [0.15, 0.2) is 39.6 Å². The zero-order chi connectivity index (χ0) is 15.1. The minimum Gasteiger partial charge on any atom is -0.355 e. The molecule has 0 atom stereocenters. The molecule has 1 aliphatic rings. The Balaban J connectivity index is 1.51. The molecule has 0 spiro atoms. The molecule has 1 saturated heterocycles. The van der Waals surface area contributed by atoms with Crippen LogP contribution in [0.2, 0.25) is 0 Å². The molecule has 0 N–H and O–H groups in total. The van der Waals surface area contributed by atoms with Gasteiger partial charge >= 0.3 is 0 Å². The summed E-state index contributed by atoms with van der Waals surface area (Å²) in [6, 6.07) is 8.41. The summed E-state index contributed by atoms with van der Waals surface area (Å²) in [5, 5.41) is 4.92. The Morgan fingerprint density at radius 3 is 2.91 bits per heavy atom. The third-order valence-electron chi connectivity index (χ3n) is 4.15. The van der Waals surface area contributed by atoms with Crippen molar-refractivity contribution in [3.63, 3.8) is 0 Å². The van der Waals surface area contributed by atoms with E-state index >= 15 is 0 Å². The molecule has 0 amide bonds. The Labute approximate surface area is 136 Å². The van der Waals surface area contributed by atoms with Gasteiger partial charge in [0.25, 0.3) is 5.71 Å². The van der Waals surface area contributed by atoms with E-state index in [1.54, 1.807) is 6.33 Å². The molecule has 3 aromatic rings. The molecule has 0 aliphatic carbocycles. The first-order valence-corrected chi connectivity index (χ1v) is 8.07. The van der Waals surface area contributed by atoms with Crippen LogP contribution in [0.5, 0.6) is 0 Å². The van der Waals surface area contributed by atoms with Crippen molar-refractivity contribution in [2.45, 2.75) is 13.3 Å². The van der Waals surface area contributed by atoms with E-state index in [4.69, 9.17) is 4.52 Å². The molecule has 6 heteroatoms. The van der Waals surface area contributed by atoms with Crippen LogP contribution in [0, 0.1) is 12.8 Å². The maximum atomic E-state index is 5.21. The van der Waals surface area contributed by atoms with Gasteiger partial charge in [0, 0.05) is 17.6 Å². The summed E-state index contributed by atoms with van der Waals surface area (Å²) >= 11 is 3.62. The lowest BCUT2D eigenvalue weighted by Gasteiger charge is -2.40. The smallest absolute Gasteiger partial charge is 0.263 e. The Bertz CT molecular complexity index is 826. The molecule has 1 aliphatic heterocycles. The molecule has 0 unspecified atom stereocenters. The number of hydrogen-bond acceptors (Lipinski definition) is 5. The maximum absolute atomic E-state index is 5.21. The number of rotatable bonds is 3. The standard InChI is InChI=1S/C16H15BrN4O/c1-10-14-15(18-9-19-16(14)22-20-10)21-7-11(8-21)6-12-4-2-3-5-13(12)17/h2-5,9,11H,6-8H2,1H3. The molecular formula is C16H15BrN4O. The fraction of sp³-hybridized carbons (Fsp3) is 0.312. The monoisotopic (exact) mass is 358 g/mol. The van der Waals surface area contributed by atoms with Gasteiger partial charge in [0.15, 0.2) is 0 Å². The second-order valence-corrected chi connectivity index (χ2v) is 6.57. The highest BCUT2D eigenvalue weighted by Gasteiger charge is 2.30. The van der Waals surface area contributed by atoms with Gasteiger partial charge in [0.1, 0.15) is 17.5 Å². The van der Waals surface area contributed by atoms with Crippen LogP contribution in [0.4, 0.5) is 5.82 Å². The van der Waals surface area contributed by atoms with Gasteiger partial charge in [0.05, 0.1) is 5.69 Å². The van der Waals surface area contributed by atoms with Crippen LogP contribution in [0.3, 0.4) is 0 Å². The minimum absolute atomic E-state index is 0.566. The van der Waals surface area contributed by atoms with Crippen LogP contribution >= 0.6 is 15.9 Å². The molecule has 112 valence electrons. The Morgan fingerprint density at radius 1 is 1.27 bits per heavy atom. The van der Waals surface area contributed by atoms with Gasteiger partial charge in [-0.1, -0.05) is 39.3 Å². The van der Waals surface area contributed by atoms with Crippen molar-refractivity contribution >= 4 is 32.8 Å². The third-order valence-corrected chi connectivity index (χ3v) is 4.92. The molecule has 0 saturated carbocycles. The number of fused-ring (bicyclic) bond motifs is 1. The molecule has 22 heavy (non-hydrogen) atoms. The van der Waals surface area contributed by atoms with Gasteiger partial charge < -0.3 is 9.42 Å². The van der Waals surface area contributed by atoms with Crippen molar-refractivity contribution in [3.8, 4) is 0 Å². The van der Waals surface area contributed by atoms with E-state index in [1.165, 1.54) is 10.0 Å². The number of aryl methyl sites for hydroxylation is 1. The zero-order valence-electron chi connectivity index (χ0n) is 12.2. The summed E-state index contributed by atoms with van der Waals surface area (Å²) < 4.78 is 6.40. The van der Waals surface area contributed by atoms with Crippen molar-refractivity contribution in [1.29, 1.82) is 0 Å². The van der Waals surface area contributed by atoms with Crippen molar-refractivity contribution in [2.24, 2.45) is 5.92 Å². The largest absolute Gasteiger partial charge is 0.355 e. The van der Waals surface area contributed by atoms with Crippen molar-refractivity contribution in [3.05, 3.63) is 46.3 Å². The van der Waals surface area contributed by atoms with Gasteiger partial charge in [-0.2, -0.15) is 4.98 Å². The molecule has 2 aromatic heterocycles. The zero-order valence-corrected chi connectivity index (χ0v) is 13.7. The molecule has 5 nitrogen and oxygen atoms in total. The third kappa shape index (κ3) is 2.27. The highest BCUT2D eigenvalue weighted by atomic mass is 79.9. The second-order valence-electron chi connectivity index (χ2n) is 5.71. The van der Waals surface area contributed by atoms with Gasteiger partial charge in [-0.15, -0.1) is 0 Å². The first-order chi connectivity index (χ1) is 10.7. The second kappa shape index (κ2) is 5.35. The average Bonchev–Trinajstić information content (AvgIpc) is 2.86. The van der Waals surface area contributed by atoms with E-state index in [-0.39, 0.29) is 0 Å². The first kappa shape index (κ1) is 13.7. The molecule has 0 radical (unpaired) electrons. The number of halogens is 1. The van der Waals surface area contributed by atoms with E-state index < -0.39 is 0 Å². The predicted octanol–water partition coefficient (Wildman–Crippen LogP) is 3.37. The number of hydrogen-bond donors (Lipinski definition) is 0. The van der Waals surface area contributed by atoms with Crippen molar-refractivity contribution < 1.29 is 4.52 Å². The van der Waals surface area contributed by atoms with E-state index in [2.05, 4.69) is 54.2 Å². The normalized spacial score (nSPS) is 15.3. The van der Waals surface area contributed by atoms with Crippen molar-refractivity contribution in [2.75, 3.05) is 18.0 Å². The Morgan fingerprint density at radius 2 is 2.09 bits per heavy atom. The molecule has 3 heterocycles. The quantitative estimate of drug-likeness (QED) is 0.718. The average molecular weight is 359 g/mol. The lowest BCUT2D eigenvalue weighted by Crippen LogP contribution is -2.48. The molecule has 4 rings (SSSR count). The number of benzene rings is 1. The van der Waals surface area contributed by atoms with Crippen molar-refractivity contribution in [1.82, 2.24) is 15.1 Å². The molecule has 0 bridgehead atoms. The first-order valence-electron chi connectivity index (χ1n) is 7.27. The summed E-state index contributed by atoms with van der Waals surface area (Å²) in [6.07, 6.45) is 2.62. The van der Waals surface area contributed by atoms with E-state index in [1.807, 2.05) is 13.0 Å². The predicted molar refractivity (Wildman–Crippen MR) is 87.9 cm³/mol. The minimum atomic E-state index is 0.566. The summed E-state index contributed by atoms with van der Waals surface area (Å²) in [7, 11) is 0. The highest BCUT2D eigenvalue weighted by Crippen LogP contribution is 2.32. The Hall–Kier alpha value is -1.95. The van der Waals surface area contributed by atoms with Crippen LogP contribution < -0.4 is 4.90 Å². The number of aromatic nitrogens is 3. The van der Waals surface area contributed by atoms with Gasteiger partial charge in [0.2, 0.25) is 0 Å². The lowest BCUT2D eigenvalue weighted by molar-refractivity contribution is 0.405. The summed E-state index contributed by atoms with van der Waals surface area (Å²) in [5.41, 5.74) is 2.78. The van der Waals surface area contributed by atoms with Crippen LogP contribution in [-0.4, -0.2) is 28.2 Å². The van der Waals surface area contributed by atoms with Gasteiger partial charge in [-0.3, -0.25) is 0 Å². The lowest BCUT2D eigenvalue weighted by atomic mass is 9.92. The Kier molecular flexibility index (Phi) is 3.33. The summed E-state index contributed by atoms with van der Waals surface area (Å²) in [6.45, 7) is 3.92. The number of nitrogens with zero attached hydrogens (tertiary/aromatic N) is 4. The van der Waals surface area contributed by atoms with Gasteiger partial charge in [-0.05, 0) is 30.9 Å². The fourth-order valence-corrected chi connectivity index (χ4v) is 3.44. The molecule has 1 fully saturated rings.